The van der Waals surface area contributed by atoms with Gasteiger partial charge in [0, 0.05) is 18.7 Å². The van der Waals surface area contributed by atoms with Gasteiger partial charge < -0.3 is 24.4 Å². The highest BCUT2D eigenvalue weighted by molar-refractivity contribution is 6.02. The molecule has 0 fully saturated rings. The van der Waals surface area contributed by atoms with Crippen LogP contribution in [0.25, 0.3) is 0 Å². The van der Waals surface area contributed by atoms with Crippen molar-refractivity contribution in [3.05, 3.63) is 88.5 Å². The second kappa shape index (κ2) is 9.33. The maximum absolute atomic E-state index is 13.8. The van der Waals surface area contributed by atoms with E-state index < -0.39 is 12.0 Å². The zero-order valence-corrected chi connectivity index (χ0v) is 20.0. The minimum Gasteiger partial charge on any atom is -0.497 e. The summed E-state index contributed by atoms with van der Waals surface area (Å²) in [6.07, 6.45) is 0.751. The lowest BCUT2D eigenvalue weighted by molar-refractivity contribution is -0.124. The number of rotatable bonds is 6. The number of amides is 2. The number of carbonyl (C=O) groups excluding carboxylic acids is 2. The predicted octanol–water partition coefficient (Wildman–Crippen LogP) is 3.87. The van der Waals surface area contributed by atoms with Gasteiger partial charge in [0.05, 0.1) is 33.3 Å². The van der Waals surface area contributed by atoms with Gasteiger partial charge in [0.2, 0.25) is 5.91 Å². The maximum Gasteiger partial charge on any atom is 0.254 e. The molecule has 0 aromatic heterocycles. The number of hydrogen-bond donors (Lipinski definition) is 1. The van der Waals surface area contributed by atoms with Crippen LogP contribution in [-0.4, -0.2) is 44.6 Å². The third-order valence-electron chi connectivity index (χ3n) is 6.94. The van der Waals surface area contributed by atoms with Crippen LogP contribution in [0.15, 0.2) is 60.7 Å². The number of ether oxygens (including phenoxy) is 3. The van der Waals surface area contributed by atoms with Crippen LogP contribution in [0.5, 0.6) is 17.2 Å². The van der Waals surface area contributed by atoms with Crippen LogP contribution in [0, 0.1) is 0 Å². The van der Waals surface area contributed by atoms with Crippen LogP contribution in [-0.2, 0) is 17.8 Å². The molecular weight excluding hydrogens is 444 g/mol. The van der Waals surface area contributed by atoms with E-state index in [9.17, 15) is 9.59 Å². The van der Waals surface area contributed by atoms with E-state index in [2.05, 4.69) is 11.4 Å². The summed E-state index contributed by atoms with van der Waals surface area (Å²) >= 11 is 0. The van der Waals surface area contributed by atoms with Crippen LogP contribution in [0.3, 0.4) is 0 Å². The molecule has 1 N–H and O–H groups in total. The predicted molar refractivity (Wildman–Crippen MR) is 131 cm³/mol. The number of carbonyl (C=O) groups is 2. The Hall–Kier alpha value is -4.00. The van der Waals surface area contributed by atoms with Crippen molar-refractivity contribution in [2.75, 3.05) is 27.9 Å². The molecule has 0 aliphatic carbocycles. The van der Waals surface area contributed by atoms with Gasteiger partial charge in [-0.2, -0.15) is 0 Å². The fourth-order valence-electron chi connectivity index (χ4n) is 5.17. The fraction of sp³-hybridized carbons (Fsp3) is 0.286. The first-order valence-electron chi connectivity index (χ1n) is 11.6. The molecule has 0 unspecified atom stereocenters. The first-order valence-corrected chi connectivity index (χ1v) is 11.6. The zero-order valence-electron chi connectivity index (χ0n) is 20.0. The van der Waals surface area contributed by atoms with E-state index >= 15 is 0 Å². The Morgan fingerprint density at radius 2 is 1.66 bits per heavy atom. The average Bonchev–Trinajstić information content (AvgIpc) is 2.91. The Kier molecular flexibility index (Phi) is 6.07. The quantitative estimate of drug-likeness (QED) is 0.590. The van der Waals surface area contributed by atoms with Gasteiger partial charge >= 0.3 is 0 Å². The standard InChI is InChI=1S/C28H28N2O5/c1-33-19-10-8-17(9-11-19)16-29-27(31)25-21-14-23(34-2)24(35-3)15-22(21)28(32)30-13-12-18-6-4-5-7-20(18)26(25)30/h4-11,14-15,25-26H,12-13,16H2,1-3H3,(H,29,31)/t25-,26-/m1/s1. The molecule has 0 spiro atoms. The van der Waals surface area contributed by atoms with Crippen molar-refractivity contribution < 1.29 is 23.8 Å². The summed E-state index contributed by atoms with van der Waals surface area (Å²) in [6, 6.07) is 18.7. The van der Waals surface area contributed by atoms with Crippen molar-refractivity contribution in [2.45, 2.75) is 24.9 Å². The zero-order chi connectivity index (χ0) is 24.5. The van der Waals surface area contributed by atoms with Gasteiger partial charge in [-0.05, 0) is 52.9 Å². The third-order valence-corrected chi connectivity index (χ3v) is 6.94. The smallest absolute Gasteiger partial charge is 0.254 e. The topological polar surface area (TPSA) is 77.1 Å². The van der Waals surface area contributed by atoms with Gasteiger partial charge in [0.25, 0.3) is 5.91 Å². The average molecular weight is 473 g/mol. The molecule has 5 rings (SSSR count). The van der Waals surface area contributed by atoms with Crippen LogP contribution < -0.4 is 19.5 Å². The van der Waals surface area contributed by atoms with Gasteiger partial charge in [-0.15, -0.1) is 0 Å². The lowest BCUT2D eigenvalue weighted by atomic mass is 9.75. The highest BCUT2D eigenvalue weighted by atomic mass is 16.5. The monoisotopic (exact) mass is 472 g/mol. The highest BCUT2D eigenvalue weighted by Crippen LogP contribution is 2.48. The molecule has 2 aliphatic heterocycles. The van der Waals surface area contributed by atoms with E-state index in [1.54, 1.807) is 26.4 Å². The van der Waals surface area contributed by atoms with Gasteiger partial charge in [0.15, 0.2) is 11.5 Å². The molecule has 0 saturated carbocycles. The molecule has 3 aromatic rings. The molecule has 2 aliphatic rings. The number of nitrogens with zero attached hydrogens (tertiary/aromatic N) is 1. The molecule has 0 saturated heterocycles. The van der Waals surface area contributed by atoms with E-state index in [0.717, 1.165) is 23.3 Å². The molecular formula is C28H28N2O5. The van der Waals surface area contributed by atoms with Crippen molar-refractivity contribution in [2.24, 2.45) is 0 Å². The molecule has 3 aromatic carbocycles. The Balaban J connectivity index is 1.57. The first-order chi connectivity index (χ1) is 17.0. The molecule has 180 valence electrons. The second-order valence-corrected chi connectivity index (χ2v) is 8.73. The van der Waals surface area contributed by atoms with Gasteiger partial charge in [-0.25, -0.2) is 0 Å². The lowest BCUT2D eigenvalue weighted by Crippen LogP contribution is -2.50. The number of fused-ring (bicyclic) bond motifs is 4. The van der Waals surface area contributed by atoms with Gasteiger partial charge in [-0.3, -0.25) is 9.59 Å². The third kappa shape index (κ3) is 3.97. The van der Waals surface area contributed by atoms with Crippen LogP contribution in [0.2, 0.25) is 0 Å². The summed E-state index contributed by atoms with van der Waals surface area (Å²) < 4.78 is 16.2. The molecule has 7 heteroatoms. The van der Waals surface area contributed by atoms with E-state index in [0.29, 0.717) is 35.7 Å². The Labute approximate surface area is 204 Å². The van der Waals surface area contributed by atoms with Crippen LogP contribution in [0.4, 0.5) is 0 Å². The fourth-order valence-corrected chi connectivity index (χ4v) is 5.17. The van der Waals surface area contributed by atoms with Crippen molar-refractivity contribution in [1.82, 2.24) is 10.2 Å². The summed E-state index contributed by atoms with van der Waals surface area (Å²) in [5.41, 5.74) is 4.26. The number of benzene rings is 3. The van der Waals surface area contributed by atoms with E-state index in [1.165, 1.54) is 12.7 Å². The summed E-state index contributed by atoms with van der Waals surface area (Å²) in [5, 5.41) is 3.10. The minimum atomic E-state index is -0.595. The molecule has 0 radical (unpaired) electrons. The maximum atomic E-state index is 13.8. The second-order valence-electron chi connectivity index (χ2n) is 8.73. The Bertz CT molecular complexity index is 1270. The van der Waals surface area contributed by atoms with Crippen molar-refractivity contribution in [3.63, 3.8) is 0 Å². The molecule has 2 amide bonds. The summed E-state index contributed by atoms with van der Waals surface area (Å²) in [4.78, 5) is 29.3. The molecule has 7 nitrogen and oxygen atoms in total. The van der Waals surface area contributed by atoms with Crippen molar-refractivity contribution >= 4 is 11.8 Å². The van der Waals surface area contributed by atoms with E-state index in [4.69, 9.17) is 14.2 Å². The summed E-state index contributed by atoms with van der Waals surface area (Å²) in [5.74, 6) is 0.878. The largest absolute Gasteiger partial charge is 0.497 e. The normalized spacial score (nSPS) is 18.1. The van der Waals surface area contributed by atoms with E-state index in [-0.39, 0.29) is 11.8 Å². The molecule has 2 heterocycles. The molecule has 35 heavy (non-hydrogen) atoms. The molecule has 2 atom stereocenters. The first kappa shape index (κ1) is 22.8. The Morgan fingerprint density at radius 1 is 0.943 bits per heavy atom. The van der Waals surface area contributed by atoms with Crippen LogP contribution >= 0.6 is 0 Å². The van der Waals surface area contributed by atoms with Crippen molar-refractivity contribution in [3.8, 4) is 17.2 Å². The Morgan fingerprint density at radius 3 is 2.37 bits per heavy atom. The SMILES string of the molecule is COc1ccc(CNC(=O)[C@@H]2c3cc(OC)c(OC)cc3C(=O)N3CCc4ccccc4[C@H]23)cc1. The van der Waals surface area contributed by atoms with Crippen molar-refractivity contribution in [1.29, 1.82) is 0 Å². The summed E-state index contributed by atoms with van der Waals surface area (Å²) in [6.45, 7) is 0.917. The minimum absolute atomic E-state index is 0.0975. The number of hydrogen-bond acceptors (Lipinski definition) is 5. The number of methoxy groups -OCH3 is 3. The lowest BCUT2D eigenvalue weighted by Gasteiger charge is -2.45. The van der Waals surface area contributed by atoms with E-state index in [1.807, 2.05) is 47.4 Å². The highest BCUT2D eigenvalue weighted by Gasteiger charge is 2.46. The van der Waals surface area contributed by atoms with Gasteiger partial charge in [-0.1, -0.05) is 36.4 Å². The molecule has 0 bridgehead atoms. The van der Waals surface area contributed by atoms with Gasteiger partial charge in [0.1, 0.15) is 5.75 Å². The van der Waals surface area contributed by atoms with Crippen LogP contribution in [0.1, 0.15) is 44.6 Å². The summed E-state index contributed by atoms with van der Waals surface area (Å²) in [7, 11) is 4.71. The number of nitrogens with one attached hydrogen (secondary N) is 1.